The van der Waals surface area contributed by atoms with Crippen molar-refractivity contribution in [2.24, 2.45) is 0 Å². The van der Waals surface area contributed by atoms with E-state index >= 15 is 0 Å². The van der Waals surface area contributed by atoms with Gasteiger partial charge in [-0.25, -0.2) is 8.42 Å². The van der Waals surface area contributed by atoms with Crippen molar-refractivity contribution in [1.82, 2.24) is 9.62 Å². The molecule has 1 amide bonds. The van der Waals surface area contributed by atoms with Crippen LogP contribution < -0.4 is 4.72 Å². The summed E-state index contributed by atoms with van der Waals surface area (Å²) in [5.41, 5.74) is 0. The molecule has 9 nitrogen and oxygen atoms in total. The van der Waals surface area contributed by atoms with Crippen molar-refractivity contribution in [3.8, 4) is 0 Å². The lowest BCUT2D eigenvalue weighted by atomic mass is 10.1. The Bertz CT molecular complexity index is 1130. The molecule has 1 aliphatic carbocycles. The maximum absolute atomic E-state index is 13.4. The van der Waals surface area contributed by atoms with Gasteiger partial charge in [0.1, 0.15) is 12.6 Å². The van der Waals surface area contributed by atoms with E-state index in [0.29, 0.717) is 18.2 Å². The Hall–Kier alpha value is -2.98. The minimum absolute atomic E-state index is 0.0813. The molecular weight excluding hydrogens is 448 g/mol. The van der Waals surface area contributed by atoms with Gasteiger partial charge in [-0.05, 0) is 42.7 Å². The molecule has 10 heteroatoms. The lowest BCUT2D eigenvalue weighted by Crippen LogP contribution is -2.53. The molecule has 1 fully saturated rings. The third-order valence-electron chi connectivity index (χ3n) is 5.66. The Morgan fingerprint density at radius 2 is 1.79 bits per heavy atom. The van der Waals surface area contributed by atoms with Gasteiger partial charge >= 0.3 is 11.9 Å². The second-order valence-electron chi connectivity index (χ2n) is 7.99. The number of hydrogen-bond donors (Lipinski definition) is 2. The summed E-state index contributed by atoms with van der Waals surface area (Å²) in [6.45, 7) is 1.42. The van der Waals surface area contributed by atoms with Crippen molar-refractivity contribution in [3.05, 3.63) is 42.5 Å². The van der Waals surface area contributed by atoms with Crippen LogP contribution in [0.25, 0.3) is 10.8 Å². The topological polar surface area (TPSA) is 130 Å². The van der Waals surface area contributed by atoms with E-state index in [4.69, 9.17) is 4.74 Å². The Balaban J connectivity index is 1.89. The first-order valence-electron chi connectivity index (χ1n) is 10.9. The minimum atomic E-state index is -4.21. The van der Waals surface area contributed by atoms with Gasteiger partial charge in [-0.15, -0.1) is 0 Å². The van der Waals surface area contributed by atoms with E-state index in [0.717, 1.165) is 18.2 Å². The van der Waals surface area contributed by atoms with Gasteiger partial charge in [-0.3, -0.25) is 14.4 Å². The summed E-state index contributed by atoms with van der Waals surface area (Å²) in [5.74, 6) is -2.71. The number of carboxylic acids is 1. The molecule has 0 radical (unpaired) electrons. The Morgan fingerprint density at radius 1 is 1.12 bits per heavy atom. The summed E-state index contributed by atoms with van der Waals surface area (Å²) >= 11 is 0. The summed E-state index contributed by atoms with van der Waals surface area (Å²) in [7, 11) is -4.21. The lowest BCUT2D eigenvalue weighted by Gasteiger charge is -2.31. The highest BCUT2D eigenvalue weighted by Gasteiger charge is 2.36. The Kier molecular flexibility index (Phi) is 8.04. The molecule has 1 atom stereocenters. The molecule has 0 spiro atoms. The van der Waals surface area contributed by atoms with E-state index < -0.39 is 40.3 Å². The molecule has 2 N–H and O–H groups in total. The predicted molar refractivity (Wildman–Crippen MR) is 121 cm³/mol. The summed E-state index contributed by atoms with van der Waals surface area (Å²) in [6.07, 6.45) is 2.29. The monoisotopic (exact) mass is 476 g/mol. The zero-order chi connectivity index (χ0) is 24.0. The molecule has 0 saturated heterocycles. The molecule has 0 bridgehead atoms. The van der Waals surface area contributed by atoms with E-state index in [1.165, 1.54) is 17.0 Å². The number of carboxylic acid groups (broad SMARTS) is 1. The number of fused-ring (bicyclic) bond motifs is 1. The highest BCUT2D eigenvalue weighted by Crippen LogP contribution is 2.25. The first kappa shape index (κ1) is 24.7. The van der Waals surface area contributed by atoms with Gasteiger partial charge in [0.05, 0.1) is 17.9 Å². The van der Waals surface area contributed by atoms with E-state index in [1.54, 1.807) is 25.1 Å². The van der Waals surface area contributed by atoms with Crippen molar-refractivity contribution in [2.45, 2.75) is 56.0 Å². The van der Waals surface area contributed by atoms with Crippen LogP contribution in [0.5, 0.6) is 0 Å². The van der Waals surface area contributed by atoms with E-state index in [-0.39, 0.29) is 24.1 Å². The number of aliphatic carboxylic acids is 1. The molecule has 178 valence electrons. The SMILES string of the molecule is CCOC(=O)CN(C(=O)[C@H](CC(=O)O)NS(=O)(=O)c1ccc2ccccc2c1)C1CCCC1. The van der Waals surface area contributed by atoms with E-state index in [1.807, 2.05) is 12.1 Å². The largest absolute Gasteiger partial charge is 0.481 e. The molecular formula is C23H28N2O7S. The molecule has 0 unspecified atom stereocenters. The van der Waals surface area contributed by atoms with E-state index in [2.05, 4.69) is 4.72 Å². The number of sulfonamides is 1. The van der Waals surface area contributed by atoms with Crippen LogP contribution in [0, 0.1) is 0 Å². The van der Waals surface area contributed by atoms with Gasteiger partial charge < -0.3 is 14.7 Å². The molecule has 2 aromatic carbocycles. The fourth-order valence-electron chi connectivity index (χ4n) is 4.09. The zero-order valence-corrected chi connectivity index (χ0v) is 19.2. The van der Waals surface area contributed by atoms with Crippen LogP contribution in [-0.4, -0.2) is 61.5 Å². The quantitative estimate of drug-likeness (QED) is 0.503. The van der Waals surface area contributed by atoms with Crippen LogP contribution in [0.2, 0.25) is 0 Å². The molecule has 33 heavy (non-hydrogen) atoms. The lowest BCUT2D eigenvalue weighted by molar-refractivity contribution is -0.151. The van der Waals surface area contributed by atoms with Gasteiger partial charge in [0, 0.05) is 6.04 Å². The number of ether oxygens (including phenoxy) is 1. The van der Waals surface area contributed by atoms with Crippen molar-refractivity contribution >= 4 is 38.6 Å². The first-order valence-corrected chi connectivity index (χ1v) is 12.4. The van der Waals surface area contributed by atoms with Crippen molar-refractivity contribution in [2.75, 3.05) is 13.2 Å². The van der Waals surface area contributed by atoms with Crippen molar-refractivity contribution in [3.63, 3.8) is 0 Å². The molecule has 1 aliphatic rings. The number of esters is 1. The third-order valence-corrected chi connectivity index (χ3v) is 7.13. The molecule has 0 heterocycles. The van der Waals surface area contributed by atoms with Gasteiger partial charge in [-0.2, -0.15) is 4.72 Å². The number of carbonyl (C=O) groups is 3. The Morgan fingerprint density at radius 3 is 2.42 bits per heavy atom. The van der Waals surface area contributed by atoms with Crippen LogP contribution in [0.3, 0.4) is 0 Å². The van der Waals surface area contributed by atoms with Gasteiger partial charge in [0.2, 0.25) is 15.9 Å². The second-order valence-corrected chi connectivity index (χ2v) is 9.70. The number of carbonyl (C=O) groups excluding carboxylic acids is 2. The number of benzene rings is 2. The molecule has 2 aromatic rings. The highest BCUT2D eigenvalue weighted by atomic mass is 32.2. The van der Waals surface area contributed by atoms with Crippen LogP contribution in [-0.2, 0) is 29.1 Å². The number of nitrogens with one attached hydrogen (secondary N) is 1. The average Bonchev–Trinajstić information content (AvgIpc) is 3.30. The highest BCUT2D eigenvalue weighted by molar-refractivity contribution is 7.89. The number of rotatable bonds is 10. The molecule has 3 rings (SSSR count). The predicted octanol–water partition coefficient (Wildman–Crippen LogP) is 2.30. The fourth-order valence-corrected chi connectivity index (χ4v) is 5.32. The second kappa shape index (κ2) is 10.8. The van der Waals surface area contributed by atoms with Gasteiger partial charge in [0.15, 0.2) is 0 Å². The number of amides is 1. The van der Waals surface area contributed by atoms with Crippen molar-refractivity contribution < 1.29 is 32.6 Å². The normalized spacial score (nSPS) is 15.3. The average molecular weight is 477 g/mol. The molecule has 0 aliphatic heterocycles. The smallest absolute Gasteiger partial charge is 0.325 e. The summed E-state index contributed by atoms with van der Waals surface area (Å²) in [4.78, 5) is 38.1. The minimum Gasteiger partial charge on any atom is -0.481 e. The molecule has 0 aromatic heterocycles. The zero-order valence-electron chi connectivity index (χ0n) is 18.4. The number of nitrogens with zero attached hydrogens (tertiary/aromatic N) is 1. The Labute approximate surface area is 192 Å². The van der Waals surface area contributed by atoms with Gasteiger partial charge in [-0.1, -0.05) is 43.2 Å². The third kappa shape index (κ3) is 6.29. The van der Waals surface area contributed by atoms with Gasteiger partial charge in [0.25, 0.3) is 0 Å². The van der Waals surface area contributed by atoms with Crippen LogP contribution in [0.1, 0.15) is 39.0 Å². The standard InChI is InChI=1S/C23H28N2O7S/c1-2-32-22(28)15-25(18-9-5-6-10-18)23(29)20(14-21(26)27)24-33(30,31)19-12-11-16-7-3-4-8-17(16)13-19/h3-4,7-8,11-13,18,20,24H,2,5-6,9-10,14-15H2,1H3,(H,26,27)/t20-/m0/s1. The summed E-state index contributed by atoms with van der Waals surface area (Å²) in [6, 6.07) is 9.88. The summed E-state index contributed by atoms with van der Waals surface area (Å²) < 4.78 is 33.4. The van der Waals surface area contributed by atoms with E-state index in [9.17, 15) is 27.9 Å². The van der Waals surface area contributed by atoms with Crippen LogP contribution in [0.4, 0.5) is 0 Å². The fraction of sp³-hybridized carbons (Fsp3) is 0.435. The molecule has 1 saturated carbocycles. The van der Waals surface area contributed by atoms with Crippen molar-refractivity contribution in [1.29, 1.82) is 0 Å². The van der Waals surface area contributed by atoms with Crippen LogP contribution in [0.15, 0.2) is 47.4 Å². The maximum atomic E-state index is 13.4. The summed E-state index contributed by atoms with van der Waals surface area (Å²) in [5, 5.41) is 10.9. The maximum Gasteiger partial charge on any atom is 0.325 e. The number of hydrogen-bond acceptors (Lipinski definition) is 6. The van der Waals surface area contributed by atoms with Crippen LogP contribution >= 0.6 is 0 Å². The first-order chi connectivity index (χ1) is 15.7.